The van der Waals surface area contributed by atoms with E-state index in [0.717, 1.165) is 32.0 Å². The lowest BCUT2D eigenvalue weighted by Crippen LogP contribution is -2.54. The molecule has 1 saturated carbocycles. The molecule has 0 spiro atoms. The van der Waals surface area contributed by atoms with E-state index >= 15 is 0 Å². The fourth-order valence-electron chi connectivity index (χ4n) is 2.91. The van der Waals surface area contributed by atoms with Gasteiger partial charge in [-0.05, 0) is 65.3 Å². The van der Waals surface area contributed by atoms with Gasteiger partial charge in [0.15, 0.2) is 0 Å². The van der Waals surface area contributed by atoms with Gasteiger partial charge >= 0.3 is 0 Å². The molecule has 0 aromatic rings. The first-order valence-electron chi connectivity index (χ1n) is 8.70. The molecule has 0 aromatic carbocycles. The maximum Gasteiger partial charge on any atom is 0.237 e. The highest BCUT2D eigenvalue weighted by molar-refractivity contribution is 5.82. The van der Waals surface area contributed by atoms with Crippen molar-refractivity contribution in [2.24, 2.45) is 5.92 Å². The van der Waals surface area contributed by atoms with E-state index in [4.69, 9.17) is 0 Å². The van der Waals surface area contributed by atoms with Crippen LogP contribution in [0.15, 0.2) is 0 Å². The van der Waals surface area contributed by atoms with Crippen LogP contribution in [0.3, 0.4) is 0 Å². The second-order valence-electron chi connectivity index (χ2n) is 7.59. The number of hydrogen-bond acceptors (Lipinski definition) is 3. The van der Waals surface area contributed by atoms with Gasteiger partial charge in [-0.2, -0.15) is 0 Å². The molecule has 1 aliphatic heterocycles. The Morgan fingerprint density at radius 2 is 2.05 bits per heavy atom. The molecule has 2 atom stereocenters. The fourth-order valence-corrected chi connectivity index (χ4v) is 2.91. The van der Waals surface area contributed by atoms with Crippen molar-refractivity contribution in [1.82, 2.24) is 15.5 Å². The van der Waals surface area contributed by atoms with Crippen molar-refractivity contribution in [2.45, 2.75) is 77.4 Å². The number of carbonyl (C=O) groups is 1. The molecule has 4 heteroatoms. The van der Waals surface area contributed by atoms with Crippen molar-refractivity contribution in [3.05, 3.63) is 0 Å². The quantitative estimate of drug-likeness (QED) is 0.721. The van der Waals surface area contributed by atoms with E-state index in [1.165, 1.54) is 25.7 Å². The van der Waals surface area contributed by atoms with E-state index in [1.54, 1.807) is 0 Å². The summed E-state index contributed by atoms with van der Waals surface area (Å²) < 4.78 is 0. The summed E-state index contributed by atoms with van der Waals surface area (Å²) in [7, 11) is 0. The van der Waals surface area contributed by atoms with Crippen LogP contribution in [-0.2, 0) is 4.79 Å². The number of carbonyl (C=O) groups excluding carboxylic acids is 1. The molecule has 21 heavy (non-hydrogen) atoms. The molecule has 2 rings (SSSR count). The molecular weight excluding hydrogens is 262 g/mol. The Labute approximate surface area is 130 Å². The third-order valence-corrected chi connectivity index (χ3v) is 5.08. The number of nitrogens with zero attached hydrogens (tertiary/aromatic N) is 1. The molecule has 1 heterocycles. The van der Waals surface area contributed by atoms with Crippen LogP contribution in [0.1, 0.15) is 59.8 Å². The highest BCUT2D eigenvalue weighted by Gasteiger charge is 2.32. The van der Waals surface area contributed by atoms with Crippen LogP contribution in [0.2, 0.25) is 0 Å². The third kappa shape index (κ3) is 5.26. The van der Waals surface area contributed by atoms with Crippen LogP contribution in [0.5, 0.6) is 0 Å². The average Bonchev–Trinajstić information content (AvgIpc) is 3.10. The molecule has 0 bridgehead atoms. The predicted octanol–water partition coefficient (Wildman–Crippen LogP) is 2.14. The first-order chi connectivity index (χ1) is 9.91. The summed E-state index contributed by atoms with van der Waals surface area (Å²) in [6, 6.07) is 0.539. The summed E-state index contributed by atoms with van der Waals surface area (Å²) in [5.41, 5.74) is -0.109. The molecule has 4 nitrogen and oxygen atoms in total. The van der Waals surface area contributed by atoms with E-state index in [2.05, 4.69) is 43.2 Å². The Hall–Kier alpha value is -0.610. The summed E-state index contributed by atoms with van der Waals surface area (Å²) >= 11 is 0. The lowest BCUT2D eigenvalue weighted by Gasteiger charge is -2.33. The Morgan fingerprint density at radius 1 is 1.33 bits per heavy atom. The lowest BCUT2D eigenvalue weighted by molar-refractivity contribution is -0.127. The topological polar surface area (TPSA) is 44.4 Å². The Kier molecular flexibility index (Phi) is 5.67. The zero-order valence-electron chi connectivity index (χ0n) is 14.2. The van der Waals surface area contributed by atoms with Crippen LogP contribution in [0.4, 0.5) is 0 Å². The minimum atomic E-state index is -0.109. The number of hydrogen-bond donors (Lipinski definition) is 2. The minimum Gasteiger partial charge on any atom is -0.350 e. The molecule has 122 valence electrons. The second-order valence-corrected chi connectivity index (χ2v) is 7.59. The molecule has 0 aromatic heterocycles. The van der Waals surface area contributed by atoms with Gasteiger partial charge in [-0.1, -0.05) is 6.92 Å². The molecule has 2 unspecified atom stereocenters. The first-order valence-corrected chi connectivity index (χ1v) is 8.70. The van der Waals surface area contributed by atoms with Gasteiger partial charge < -0.3 is 10.6 Å². The zero-order valence-corrected chi connectivity index (χ0v) is 14.2. The zero-order chi connectivity index (χ0) is 15.5. The van der Waals surface area contributed by atoms with Crippen LogP contribution >= 0.6 is 0 Å². The van der Waals surface area contributed by atoms with Crippen molar-refractivity contribution in [2.75, 3.05) is 19.6 Å². The van der Waals surface area contributed by atoms with E-state index < -0.39 is 0 Å². The van der Waals surface area contributed by atoms with Crippen LogP contribution < -0.4 is 10.6 Å². The Morgan fingerprint density at radius 3 is 2.57 bits per heavy atom. The van der Waals surface area contributed by atoms with Gasteiger partial charge in [-0.15, -0.1) is 0 Å². The molecule has 1 amide bonds. The van der Waals surface area contributed by atoms with Gasteiger partial charge in [0.1, 0.15) is 0 Å². The summed E-state index contributed by atoms with van der Waals surface area (Å²) in [5.74, 6) is 1.00. The van der Waals surface area contributed by atoms with Gasteiger partial charge in [0.05, 0.1) is 6.04 Å². The summed E-state index contributed by atoms with van der Waals surface area (Å²) in [6.45, 7) is 11.6. The van der Waals surface area contributed by atoms with E-state index in [1.807, 2.05) is 0 Å². The van der Waals surface area contributed by atoms with Crippen molar-refractivity contribution in [3.63, 3.8) is 0 Å². The lowest BCUT2D eigenvalue weighted by atomic mass is 10.0. The molecule has 2 N–H and O–H groups in total. The van der Waals surface area contributed by atoms with Crippen LogP contribution in [0, 0.1) is 5.92 Å². The van der Waals surface area contributed by atoms with Crippen molar-refractivity contribution in [3.8, 4) is 0 Å². The van der Waals surface area contributed by atoms with Crippen molar-refractivity contribution in [1.29, 1.82) is 0 Å². The van der Waals surface area contributed by atoms with Gasteiger partial charge in [0.2, 0.25) is 5.91 Å². The van der Waals surface area contributed by atoms with Crippen LogP contribution in [-0.4, -0.2) is 48.1 Å². The predicted molar refractivity (Wildman–Crippen MR) is 87.3 cm³/mol. The minimum absolute atomic E-state index is 0.0289. The van der Waals surface area contributed by atoms with Crippen LogP contribution in [0.25, 0.3) is 0 Å². The number of nitrogens with one attached hydrogen (secondary N) is 2. The average molecular weight is 295 g/mol. The molecule has 1 saturated heterocycles. The SMILES string of the molecule is CCC(C)(C)NC(=O)C(C)N(CC1CC1)CC1CCCN1. The Bertz CT molecular complexity index is 346. The number of amides is 1. The summed E-state index contributed by atoms with van der Waals surface area (Å²) in [4.78, 5) is 15.0. The maximum absolute atomic E-state index is 12.6. The van der Waals surface area contributed by atoms with Gasteiger partial charge in [-0.3, -0.25) is 9.69 Å². The molecule has 0 radical (unpaired) electrons. The summed E-state index contributed by atoms with van der Waals surface area (Å²) in [5, 5.41) is 6.76. The standard InChI is InChI=1S/C17H33N3O/c1-5-17(3,4)19-16(21)13(2)20(11-14-8-9-14)12-15-7-6-10-18-15/h13-15,18H,5-12H2,1-4H3,(H,19,21). The van der Waals surface area contributed by atoms with Crippen molar-refractivity contribution >= 4 is 5.91 Å². The van der Waals surface area contributed by atoms with E-state index in [9.17, 15) is 4.79 Å². The van der Waals surface area contributed by atoms with Gasteiger partial charge in [0.25, 0.3) is 0 Å². The molecule has 2 fully saturated rings. The van der Waals surface area contributed by atoms with E-state index in [-0.39, 0.29) is 17.5 Å². The first kappa shape index (κ1) is 16.8. The monoisotopic (exact) mass is 295 g/mol. The molecule has 1 aliphatic carbocycles. The Balaban J connectivity index is 1.91. The fraction of sp³-hybridized carbons (Fsp3) is 0.941. The molecule has 2 aliphatic rings. The second kappa shape index (κ2) is 7.10. The smallest absolute Gasteiger partial charge is 0.237 e. The third-order valence-electron chi connectivity index (χ3n) is 5.08. The maximum atomic E-state index is 12.6. The van der Waals surface area contributed by atoms with Gasteiger partial charge in [0, 0.05) is 24.7 Å². The number of rotatable bonds is 8. The normalized spacial score (nSPS) is 24.3. The highest BCUT2D eigenvalue weighted by Crippen LogP contribution is 2.30. The largest absolute Gasteiger partial charge is 0.350 e. The summed E-state index contributed by atoms with van der Waals surface area (Å²) in [6.07, 6.45) is 6.15. The molecular formula is C17H33N3O. The van der Waals surface area contributed by atoms with Crippen molar-refractivity contribution < 1.29 is 4.79 Å². The van der Waals surface area contributed by atoms with E-state index in [0.29, 0.717) is 6.04 Å². The highest BCUT2D eigenvalue weighted by atomic mass is 16.2. The van der Waals surface area contributed by atoms with Gasteiger partial charge in [-0.25, -0.2) is 0 Å².